The maximum atomic E-state index is 4.92. The summed E-state index contributed by atoms with van der Waals surface area (Å²) in [6.07, 6.45) is 8.46. The van der Waals surface area contributed by atoms with E-state index in [4.69, 9.17) is 9.97 Å². The molecule has 1 aliphatic carbocycles. The smallest absolute Gasteiger partial charge is 0.143 e. The van der Waals surface area contributed by atoms with Crippen LogP contribution in [0.1, 0.15) is 76.7 Å². The predicted octanol–water partition coefficient (Wildman–Crippen LogP) is 5.15. The minimum absolute atomic E-state index is 0.566. The zero-order chi connectivity index (χ0) is 15.2. The summed E-state index contributed by atoms with van der Waals surface area (Å²) in [7, 11) is 0. The highest BCUT2D eigenvalue weighted by molar-refractivity contribution is 14.1. The van der Waals surface area contributed by atoms with E-state index in [0.717, 1.165) is 43.4 Å². The van der Waals surface area contributed by atoms with Gasteiger partial charge >= 0.3 is 0 Å². The quantitative estimate of drug-likeness (QED) is 0.670. The molecule has 1 heterocycles. The third kappa shape index (κ3) is 4.54. The molecule has 0 spiro atoms. The number of halogens is 1. The van der Waals surface area contributed by atoms with Crippen molar-refractivity contribution in [2.75, 3.05) is 11.9 Å². The van der Waals surface area contributed by atoms with Gasteiger partial charge in [0.05, 0.1) is 9.26 Å². The van der Waals surface area contributed by atoms with E-state index in [1.165, 1.54) is 34.9 Å². The third-order valence-electron chi connectivity index (χ3n) is 4.35. The van der Waals surface area contributed by atoms with Crippen molar-refractivity contribution in [3.63, 3.8) is 0 Å². The van der Waals surface area contributed by atoms with E-state index < -0.39 is 0 Å². The van der Waals surface area contributed by atoms with Gasteiger partial charge in [0.15, 0.2) is 0 Å². The molecule has 2 rings (SSSR count). The molecule has 0 saturated heterocycles. The molecular weight excluding hydrogens is 373 g/mol. The van der Waals surface area contributed by atoms with Gasteiger partial charge in [0.25, 0.3) is 0 Å². The Bertz CT molecular complexity index is 454. The summed E-state index contributed by atoms with van der Waals surface area (Å²) in [5.74, 6) is 3.59. The summed E-state index contributed by atoms with van der Waals surface area (Å²) in [4.78, 5) is 9.79. The van der Waals surface area contributed by atoms with Gasteiger partial charge in [0.2, 0.25) is 0 Å². The molecule has 0 aromatic carbocycles. The molecule has 3 nitrogen and oxygen atoms in total. The lowest BCUT2D eigenvalue weighted by molar-refractivity contribution is 0.339. The zero-order valence-electron chi connectivity index (χ0n) is 13.6. The van der Waals surface area contributed by atoms with E-state index in [1.54, 1.807) is 0 Å². The number of nitrogens with zero attached hydrogens (tertiary/aromatic N) is 2. The Morgan fingerprint density at radius 2 is 1.81 bits per heavy atom. The molecule has 1 saturated carbocycles. The molecule has 4 heteroatoms. The van der Waals surface area contributed by atoms with Crippen LogP contribution in [0.25, 0.3) is 0 Å². The fraction of sp³-hybridized carbons (Fsp3) is 0.765. The van der Waals surface area contributed by atoms with E-state index in [2.05, 4.69) is 48.7 Å². The van der Waals surface area contributed by atoms with Gasteiger partial charge in [-0.05, 0) is 54.2 Å². The Labute approximate surface area is 142 Å². The van der Waals surface area contributed by atoms with Crippen molar-refractivity contribution in [2.45, 2.75) is 71.6 Å². The number of aromatic nitrogens is 2. The fourth-order valence-electron chi connectivity index (χ4n) is 2.98. The maximum Gasteiger partial charge on any atom is 0.143 e. The molecule has 1 aliphatic rings. The van der Waals surface area contributed by atoms with Gasteiger partial charge in [-0.3, -0.25) is 0 Å². The highest BCUT2D eigenvalue weighted by Gasteiger charge is 2.23. The third-order valence-corrected chi connectivity index (χ3v) is 5.48. The Kier molecular flexibility index (Phi) is 6.71. The topological polar surface area (TPSA) is 37.8 Å². The van der Waals surface area contributed by atoms with E-state index >= 15 is 0 Å². The van der Waals surface area contributed by atoms with Gasteiger partial charge in [0, 0.05) is 12.5 Å². The molecule has 1 fully saturated rings. The predicted molar refractivity (Wildman–Crippen MR) is 97.9 cm³/mol. The van der Waals surface area contributed by atoms with Crippen LogP contribution in [0.5, 0.6) is 0 Å². The first-order chi connectivity index (χ1) is 10.2. The summed E-state index contributed by atoms with van der Waals surface area (Å²) in [5.41, 5.74) is 1.24. The zero-order valence-corrected chi connectivity index (χ0v) is 15.7. The molecule has 0 aliphatic heterocycles. The molecule has 118 valence electrons. The van der Waals surface area contributed by atoms with Crippen LogP contribution in [0.4, 0.5) is 5.82 Å². The molecule has 1 aromatic heterocycles. The normalized spacial score (nSPS) is 22.3. The van der Waals surface area contributed by atoms with Crippen LogP contribution in [-0.2, 0) is 6.42 Å². The van der Waals surface area contributed by atoms with Crippen LogP contribution in [0, 0.1) is 9.49 Å². The van der Waals surface area contributed by atoms with Crippen molar-refractivity contribution in [3.05, 3.63) is 15.1 Å². The number of nitrogens with one attached hydrogen (secondary N) is 1. The van der Waals surface area contributed by atoms with E-state index in [1.807, 2.05) is 0 Å². The number of rotatable bonds is 6. The number of hydrogen-bond acceptors (Lipinski definition) is 3. The van der Waals surface area contributed by atoms with Crippen LogP contribution >= 0.6 is 22.6 Å². The number of anilines is 1. The van der Waals surface area contributed by atoms with Crippen LogP contribution in [0.15, 0.2) is 0 Å². The van der Waals surface area contributed by atoms with E-state index in [9.17, 15) is 0 Å². The van der Waals surface area contributed by atoms with Crippen LogP contribution in [-0.4, -0.2) is 16.5 Å². The van der Waals surface area contributed by atoms with Crippen LogP contribution < -0.4 is 5.32 Å². The van der Waals surface area contributed by atoms with Gasteiger partial charge in [-0.1, -0.05) is 40.0 Å². The van der Waals surface area contributed by atoms with Crippen molar-refractivity contribution in [1.82, 2.24) is 9.97 Å². The standard InChI is InChI=1S/C17H28IN3/c1-4-6-14-15(18)17(19-11-5-2)21-16(20-14)13-9-7-12(3)8-10-13/h12-13H,4-11H2,1-3H3,(H,19,20,21). The maximum absolute atomic E-state index is 4.92. The van der Waals surface area contributed by atoms with Crippen molar-refractivity contribution in [3.8, 4) is 0 Å². The minimum Gasteiger partial charge on any atom is -0.369 e. The van der Waals surface area contributed by atoms with Gasteiger partial charge in [-0.25, -0.2) is 9.97 Å². The Hall–Kier alpha value is -0.390. The molecule has 0 bridgehead atoms. The van der Waals surface area contributed by atoms with E-state index in [0.29, 0.717) is 5.92 Å². The van der Waals surface area contributed by atoms with Gasteiger partial charge in [0.1, 0.15) is 11.6 Å². The Balaban J connectivity index is 2.25. The summed E-state index contributed by atoms with van der Waals surface area (Å²) < 4.78 is 1.22. The Morgan fingerprint density at radius 1 is 1.10 bits per heavy atom. The summed E-state index contributed by atoms with van der Waals surface area (Å²) in [6, 6.07) is 0. The lowest BCUT2D eigenvalue weighted by Gasteiger charge is -2.26. The first kappa shape index (κ1) is 17.0. The lowest BCUT2D eigenvalue weighted by atomic mass is 9.82. The molecule has 0 amide bonds. The molecule has 1 aromatic rings. The average molecular weight is 401 g/mol. The molecule has 0 radical (unpaired) electrons. The summed E-state index contributed by atoms with van der Waals surface area (Å²) in [5, 5.41) is 3.49. The monoisotopic (exact) mass is 401 g/mol. The van der Waals surface area contributed by atoms with E-state index in [-0.39, 0.29) is 0 Å². The number of aryl methyl sites for hydroxylation is 1. The Morgan fingerprint density at radius 3 is 2.43 bits per heavy atom. The van der Waals surface area contributed by atoms with Crippen molar-refractivity contribution in [2.24, 2.45) is 5.92 Å². The highest BCUT2D eigenvalue weighted by atomic mass is 127. The second-order valence-electron chi connectivity index (χ2n) is 6.32. The first-order valence-electron chi connectivity index (χ1n) is 8.45. The van der Waals surface area contributed by atoms with Gasteiger partial charge in [-0.2, -0.15) is 0 Å². The molecular formula is C17H28IN3. The second-order valence-corrected chi connectivity index (χ2v) is 7.40. The highest BCUT2D eigenvalue weighted by Crippen LogP contribution is 2.35. The molecule has 1 N–H and O–H groups in total. The molecule has 21 heavy (non-hydrogen) atoms. The van der Waals surface area contributed by atoms with Crippen molar-refractivity contribution in [1.29, 1.82) is 0 Å². The van der Waals surface area contributed by atoms with Crippen molar-refractivity contribution >= 4 is 28.4 Å². The fourth-order valence-corrected chi connectivity index (χ4v) is 3.68. The van der Waals surface area contributed by atoms with Crippen LogP contribution in [0.3, 0.4) is 0 Å². The molecule has 0 unspecified atom stereocenters. The van der Waals surface area contributed by atoms with Crippen molar-refractivity contribution < 1.29 is 0 Å². The van der Waals surface area contributed by atoms with Crippen LogP contribution in [0.2, 0.25) is 0 Å². The first-order valence-corrected chi connectivity index (χ1v) is 9.53. The van der Waals surface area contributed by atoms with Gasteiger partial charge in [-0.15, -0.1) is 0 Å². The summed E-state index contributed by atoms with van der Waals surface area (Å²) in [6.45, 7) is 7.76. The molecule has 0 atom stereocenters. The summed E-state index contributed by atoms with van der Waals surface area (Å²) >= 11 is 2.41. The lowest BCUT2D eigenvalue weighted by Crippen LogP contribution is -2.17. The van der Waals surface area contributed by atoms with Gasteiger partial charge < -0.3 is 5.32 Å². The minimum atomic E-state index is 0.566. The SMILES string of the molecule is CCCNc1nc(C2CCC(C)CC2)nc(CCC)c1I. The average Bonchev–Trinajstić information content (AvgIpc) is 2.49. The number of hydrogen-bond donors (Lipinski definition) is 1. The largest absolute Gasteiger partial charge is 0.369 e. The second kappa shape index (κ2) is 8.30.